The number of amides is 1. The van der Waals surface area contributed by atoms with Gasteiger partial charge in [0.25, 0.3) is 0 Å². The third-order valence-corrected chi connectivity index (χ3v) is 7.64. The van der Waals surface area contributed by atoms with Crippen LogP contribution >= 0.6 is 0 Å². The molecule has 36 heavy (non-hydrogen) atoms. The molecule has 1 saturated heterocycles. The molecule has 0 aliphatic carbocycles. The lowest BCUT2D eigenvalue weighted by molar-refractivity contribution is -0.118. The Hall–Kier alpha value is -3.82. The van der Waals surface area contributed by atoms with Gasteiger partial charge in [0.1, 0.15) is 11.5 Å². The fourth-order valence-electron chi connectivity index (χ4n) is 5.52. The molecule has 6 heteroatoms. The zero-order chi connectivity index (χ0) is 25.1. The van der Waals surface area contributed by atoms with Crippen molar-refractivity contribution in [3.8, 4) is 17.6 Å². The van der Waals surface area contributed by atoms with Crippen molar-refractivity contribution in [1.29, 1.82) is 5.26 Å². The summed E-state index contributed by atoms with van der Waals surface area (Å²) in [7, 11) is 3.33. The predicted molar refractivity (Wildman–Crippen MR) is 139 cm³/mol. The Bertz CT molecular complexity index is 1270. The smallest absolute Gasteiger partial charge is 0.231 e. The SMILES string of the molecule is COc1ccc(CC(=O)N2CC3(CCN(Cc4ccc(C#N)cc4)CC3)c3cc(OC)ccc32)cc1. The van der Waals surface area contributed by atoms with Crippen molar-refractivity contribution in [3.63, 3.8) is 0 Å². The molecule has 0 unspecified atom stereocenters. The number of likely N-dealkylation sites (tertiary alicyclic amines) is 1. The topological polar surface area (TPSA) is 65.8 Å². The summed E-state index contributed by atoms with van der Waals surface area (Å²) in [5.74, 6) is 1.73. The lowest BCUT2D eigenvalue weighted by atomic mass is 9.74. The van der Waals surface area contributed by atoms with Crippen LogP contribution in [0.3, 0.4) is 0 Å². The van der Waals surface area contributed by atoms with Crippen LogP contribution in [0.5, 0.6) is 11.5 Å². The molecule has 0 radical (unpaired) electrons. The highest BCUT2D eigenvalue weighted by Gasteiger charge is 2.46. The van der Waals surface area contributed by atoms with Gasteiger partial charge in [-0.15, -0.1) is 0 Å². The Kier molecular flexibility index (Phi) is 6.67. The van der Waals surface area contributed by atoms with Gasteiger partial charge < -0.3 is 14.4 Å². The molecule has 5 rings (SSSR count). The molecule has 2 heterocycles. The highest BCUT2D eigenvalue weighted by atomic mass is 16.5. The highest BCUT2D eigenvalue weighted by molar-refractivity contribution is 5.97. The number of nitrogens with zero attached hydrogens (tertiary/aromatic N) is 3. The predicted octanol–water partition coefficient (Wildman–Crippen LogP) is 4.70. The molecule has 0 atom stereocenters. The van der Waals surface area contributed by atoms with E-state index in [1.807, 2.05) is 65.6 Å². The average molecular weight is 482 g/mol. The largest absolute Gasteiger partial charge is 0.497 e. The van der Waals surface area contributed by atoms with Crippen LogP contribution in [0.2, 0.25) is 0 Å². The molecule has 3 aromatic rings. The molecule has 1 fully saturated rings. The van der Waals surface area contributed by atoms with Crippen LogP contribution in [0.1, 0.15) is 35.1 Å². The molecule has 0 aromatic heterocycles. The van der Waals surface area contributed by atoms with Crippen LogP contribution in [0.25, 0.3) is 0 Å². The van der Waals surface area contributed by atoms with E-state index in [1.165, 1.54) is 11.1 Å². The standard InChI is InChI=1S/C30H31N3O3/c1-35-25-9-7-22(8-10-25)17-29(34)33-21-30(27-18-26(36-2)11-12-28(27)33)13-15-32(16-14-30)20-24-5-3-23(19-31)4-6-24/h3-12,18H,13-17,20-21H2,1-2H3. The minimum absolute atomic E-state index is 0.0688. The van der Waals surface area contributed by atoms with Crippen molar-refractivity contribution in [2.75, 3.05) is 38.8 Å². The van der Waals surface area contributed by atoms with Crippen LogP contribution in [-0.2, 0) is 23.2 Å². The van der Waals surface area contributed by atoms with E-state index in [-0.39, 0.29) is 11.3 Å². The fourth-order valence-corrected chi connectivity index (χ4v) is 5.52. The van der Waals surface area contributed by atoms with E-state index in [4.69, 9.17) is 14.7 Å². The van der Waals surface area contributed by atoms with E-state index in [0.717, 1.165) is 55.2 Å². The second-order valence-electron chi connectivity index (χ2n) is 9.75. The summed E-state index contributed by atoms with van der Waals surface area (Å²) in [6.45, 7) is 3.48. The van der Waals surface area contributed by atoms with E-state index in [1.54, 1.807) is 14.2 Å². The lowest BCUT2D eigenvalue weighted by Crippen LogP contribution is -2.46. The van der Waals surface area contributed by atoms with Crippen LogP contribution < -0.4 is 14.4 Å². The van der Waals surface area contributed by atoms with Gasteiger partial charge in [-0.2, -0.15) is 5.26 Å². The molecule has 6 nitrogen and oxygen atoms in total. The van der Waals surface area contributed by atoms with Gasteiger partial charge in [0, 0.05) is 24.2 Å². The third kappa shape index (κ3) is 4.67. The number of benzene rings is 3. The van der Waals surface area contributed by atoms with Crippen molar-refractivity contribution < 1.29 is 14.3 Å². The number of hydrogen-bond acceptors (Lipinski definition) is 5. The second-order valence-corrected chi connectivity index (χ2v) is 9.75. The van der Waals surface area contributed by atoms with E-state index in [0.29, 0.717) is 18.5 Å². The zero-order valence-corrected chi connectivity index (χ0v) is 20.9. The van der Waals surface area contributed by atoms with E-state index in [2.05, 4.69) is 17.0 Å². The van der Waals surface area contributed by atoms with Gasteiger partial charge in [0.15, 0.2) is 0 Å². The molecule has 1 spiro atoms. The van der Waals surface area contributed by atoms with Gasteiger partial charge in [-0.25, -0.2) is 0 Å². The van der Waals surface area contributed by atoms with Gasteiger partial charge in [0.05, 0.1) is 32.3 Å². The number of carbonyl (C=O) groups is 1. The summed E-state index contributed by atoms with van der Waals surface area (Å²) in [6, 6.07) is 23.9. The van der Waals surface area contributed by atoms with E-state index < -0.39 is 0 Å². The first kappa shape index (κ1) is 23.9. The molecule has 0 N–H and O–H groups in total. The monoisotopic (exact) mass is 481 g/mol. The maximum absolute atomic E-state index is 13.5. The molecule has 184 valence electrons. The quantitative estimate of drug-likeness (QED) is 0.511. The Balaban J connectivity index is 1.33. The Labute approximate surface area is 212 Å². The number of piperidine rings is 1. The van der Waals surface area contributed by atoms with Crippen molar-refractivity contribution in [3.05, 3.63) is 89.0 Å². The molecule has 0 bridgehead atoms. The number of methoxy groups -OCH3 is 2. The summed E-state index contributed by atoms with van der Waals surface area (Å²) >= 11 is 0. The van der Waals surface area contributed by atoms with Crippen molar-refractivity contribution in [2.24, 2.45) is 0 Å². The summed E-state index contributed by atoms with van der Waals surface area (Å²) < 4.78 is 10.8. The fraction of sp³-hybridized carbons (Fsp3) is 0.333. The second kappa shape index (κ2) is 10.0. The number of nitriles is 1. The Morgan fingerprint density at radius 2 is 1.56 bits per heavy atom. The van der Waals surface area contributed by atoms with Gasteiger partial charge in [-0.1, -0.05) is 24.3 Å². The van der Waals surface area contributed by atoms with Gasteiger partial charge in [-0.3, -0.25) is 9.69 Å². The summed E-state index contributed by atoms with van der Waals surface area (Å²) in [5.41, 5.74) is 5.05. The number of anilines is 1. The Morgan fingerprint density at radius 3 is 2.19 bits per heavy atom. The van der Waals surface area contributed by atoms with Crippen molar-refractivity contribution in [2.45, 2.75) is 31.2 Å². The minimum atomic E-state index is -0.0688. The molecule has 2 aliphatic heterocycles. The lowest BCUT2D eigenvalue weighted by Gasteiger charge is -2.40. The maximum Gasteiger partial charge on any atom is 0.231 e. The van der Waals surface area contributed by atoms with E-state index >= 15 is 0 Å². The average Bonchev–Trinajstić information content (AvgIpc) is 3.24. The first-order chi connectivity index (χ1) is 17.5. The first-order valence-electron chi connectivity index (χ1n) is 12.4. The van der Waals surface area contributed by atoms with Crippen LogP contribution in [0, 0.1) is 11.3 Å². The van der Waals surface area contributed by atoms with Crippen LogP contribution in [0.4, 0.5) is 5.69 Å². The normalized spacial score (nSPS) is 16.4. The number of fused-ring (bicyclic) bond motifs is 2. The molecule has 1 amide bonds. The molecule has 3 aromatic carbocycles. The maximum atomic E-state index is 13.5. The zero-order valence-electron chi connectivity index (χ0n) is 20.9. The number of ether oxygens (including phenoxy) is 2. The van der Waals surface area contributed by atoms with Gasteiger partial charge in [0.2, 0.25) is 5.91 Å². The summed E-state index contributed by atoms with van der Waals surface area (Å²) in [4.78, 5) is 17.9. The third-order valence-electron chi connectivity index (χ3n) is 7.64. The van der Waals surface area contributed by atoms with Gasteiger partial charge >= 0.3 is 0 Å². The number of carbonyl (C=O) groups excluding carboxylic acids is 1. The summed E-state index contributed by atoms with van der Waals surface area (Å²) in [6.07, 6.45) is 2.32. The molecule has 2 aliphatic rings. The van der Waals surface area contributed by atoms with Gasteiger partial charge in [-0.05, 0) is 85.1 Å². The van der Waals surface area contributed by atoms with Crippen molar-refractivity contribution >= 4 is 11.6 Å². The highest BCUT2D eigenvalue weighted by Crippen LogP contribution is 2.48. The van der Waals surface area contributed by atoms with Crippen LogP contribution in [0.15, 0.2) is 66.7 Å². The minimum Gasteiger partial charge on any atom is -0.497 e. The molecule has 0 saturated carbocycles. The molecular weight excluding hydrogens is 450 g/mol. The van der Waals surface area contributed by atoms with E-state index in [9.17, 15) is 4.79 Å². The first-order valence-corrected chi connectivity index (χ1v) is 12.4. The van der Waals surface area contributed by atoms with Crippen LogP contribution in [-0.4, -0.2) is 44.7 Å². The molecular formula is C30H31N3O3. The summed E-state index contributed by atoms with van der Waals surface area (Å²) in [5, 5.41) is 9.05. The van der Waals surface area contributed by atoms with Crippen molar-refractivity contribution in [1.82, 2.24) is 4.90 Å². The number of rotatable bonds is 6. The number of hydrogen-bond donors (Lipinski definition) is 0. The Morgan fingerprint density at radius 1 is 0.917 bits per heavy atom.